The lowest BCUT2D eigenvalue weighted by Crippen LogP contribution is -2.24. The number of unbranched alkanes of at least 4 members (excludes halogenated alkanes) is 4. The molecule has 3 aliphatic rings. The van der Waals surface area contributed by atoms with Gasteiger partial charge in [-0.15, -0.1) is 0 Å². The van der Waals surface area contributed by atoms with E-state index in [9.17, 15) is 0 Å². The van der Waals surface area contributed by atoms with E-state index in [1.807, 2.05) is 36.4 Å². The fourth-order valence-corrected chi connectivity index (χ4v) is 14.7. The van der Waals surface area contributed by atoms with Gasteiger partial charge in [0.15, 0.2) is 11.6 Å². The molecule has 8 aromatic carbocycles. The quantitative estimate of drug-likeness (QED) is 0.0802. The van der Waals surface area contributed by atoms with Crippen molar-refractivity contribution in [1.29, 1.82) is 0 Å². The Morgan fingerprint density at radius 2 is 0.671 bits per heavy atom. The van der Waals surface area contributed by atoms with Crippen LogP contribution in [0.2, 0.25) is 0 Å². The Balaban J connectivity index is 0.904. The summed E-state index contributed by atoms with van der Waals surface area (Å²) in [5.41, 5.74) is 12.8. The Morgan fingerprint density at radius 1 is 0.342 bits per heavy atom. The molecule has 0 spiro atoms. The number of hydrogen-bond donors (Lipinski definition) is 0. The van der Waals surface area contributed by atoms with E-state index in [0.29, 0.717) is 34.1 Å². The van der Waals surface area contributed by atoms with Crippen LogP contribution in [0.25, 0.3) is 44.5 Å². The van der Waals surface area contributed by atoms with E-state index in [1.54, 1.807) is 23.5 Å². The number of rotatable bonds is 18. The van der Waals surface area contributed by atoms with Gasteiger partial charge in [-0.2, -0.15) is 0 Å². The van der Waals surface area contributed by atoms with Crippen molar-refractivity contribution < 1.29 is 9.59 Å². The van der Waals surface area contributed by atoms with Gasteiger partial charge in [0, 0.05) is 41.8 Å². The van der Waals surface area contributed by atoms with E-state index < -0.39 is 0 Å². The van der Waals surface area contributed by atoms with E-state index in [4.69, 9.17) is 0 Å². The molecule has 2 saturated carbocycles. The third-order valence-electron chi connectivity index (χ3n) is 17.1. The Bertz CT molecular complexity index is 3010. The number of carbonyl (C=O) groups is 2. The number of benzene rings is 8. The molecule has 3 aliphatic carbocycles. The predicted molar refractivity (Wildman–Crippen MR) is 320 cm³/mol. The second kappa shape index (κ2) is 24.4. The van der Waals surface area contributed by atoms with Gasteiger partial charge in [-0.3, -0.25) is 9.59 Å². The van der Waals surface area contributed by atoms with Crippen LogP contribution in [-0.4, -0.2) is 11.6 Å². The first-order valence-electron chi connectivity index (χ1n) is 28.7. The summed E-state index contributed by atoms with van der Waals surface area (Å²) < 4.78 is 0. The van der Waals surface area contributed by atoms with Gasteiger partial charge >= 0.3 is 0 Å². The highest BCUT2D eigenvalue weighted by molar-refractivity contribution is 7.99. The summed E-state index contributed by atoms with van der Waals surface area (Å²) in [5, 5.41) is 0. The maximum atomic E-state index is 15.9. The number of hydrogen-bond acceptors (Lipinski definition) is 4. The average Bonchev–Trinajstić information content (AvgIpc) is 3.50. The van der Waals surface area contributed by atoms with E-state index in [2.05, 4.69) is 159 Å². The first kappa shape index (κ1) is 51.9. The Labute approximate surface area is 461 Å². The van der Waals surface area contributed by atoms with Crippen molar-refractivity contribution in [2.45, 2.75) is 148 Å². The molecule has 0 bridgehead atoms. The molecule has 2 fully saturated rings. The lowest BCUT2D eigenvalue weighted by molar-refractivity contribution is 0.0975. The van der Waals surface area contributed by atoms with Crippen molar-refractivity contribution in [1.82, 2.24) is 0 Å². The van der Waals surface area contributed by atoms with Crippen LogP contribution in [0.5, 0.6) is 0 Å². The standard InChI is InChI=1S/C72H72O2S2/c1-3-5-9-15-49-21-25-51(26-22-49)53-29-33-55(34-30-53)57-37-41-59(42-38-57)63-45-47-65(75-61-17-11-7-12-18-61)69-67(63)71(73)70-66(76-62-19-13-8-14-20-62)48-46-64(68(70)72(69)74)60-43-39-58(40-44-60)56-35-31-54(32-36-56)52-27-23-50(24-28-52)16-10-6-4-2/h7-8,11-14,17-20,29-52H,3-6,9-10,15-16,21-28H2,1-2H3. The van der Waals surface area contributed by atoms with Gasteiger partial charge in [0.05, 0.1) is 0 Å². The fraction of sp³-hybridized carbons (Fsp3) is 0.306. The average molecular weight is 1030 g/mol. The van der Waals surface area contributed by atoms with Crippen LogP contribution in [0.3, 0.4) is 0 Å². The molecule has 2 nitrogen and oxygen atoms in total. The summed E-state index contributed by atoms with van der Waals surface area (Å²) in [6.07, 6.45) is 21.4. The Kier molecular flexibility index (Phi) is 16.7. The van der Waals surface area contributed by atoms with Crippen molar-refractivity contribution >= 4 is 35.1 Å². The largest absolute Gasteiger partial charge is 0.288 e. The van der Waals surface area contributed by atoms with Crippen LogP contribution in [-0.2, 0) is 0 Å². The Hall–Kier alpha value is -6.20. The predicted octanol–water partition coefficient (Wildman–Crippen LogP) is 21.1. The van der Waals surface area contributed by atoms with Gasteiger partial charge in [0.2, 0.25) is 0 Å². The summed E-state index contributed by atoms with van der Waals surface area (Å²) in [6, 6.07) is 64.3. The van der Waals surface area contributed by atoms with Crippen LogP contribution >= 0.6 is 23.5 Å². The first-order chi connectivity index (χ1) is 37.4. The molecule has 0 heterocycles. The third kappa shape index (κ3) is 11.6. The van der Waals surface area contributed by atoms with Crippen LogP contribution in [0.15, 0.2) is 202 Å². The normalized spacial score (nSPS) is 18.3. The zero-order chi connectivity index (χ0) is 51.8. The molecule has 4 heteroatoms. The maximum Gasteiger partial charge on any atom is 0.196 e. The molecule has 76 heavy (non-hydrogen) atoms. The SMILES string of the molecule is CCCCCC1CCC(c2ccc(-c3ccc(-c4ccc(Sc5ccccc5)c5c4C(=O)c4c(Sc6ccccc6)ccc(-c6ccc(-c7ccc(C8CCC(CCCCC)CC8)cc7)cc6)c4C5=O)cc3)cc2)CC1. The zero-order valence-corrected chi connectivity index (χ0v) is 46.2. The van der Waals surface area contributed by atoms with Gasteiger partial charge in [-0.25, -0.2) is 0 Å². The monoisotopic (exact) mass is 1030 g/mol. The molecule has 0 aliphatic heterocycles. The molecule has 384 valence electrons. The molecule has 0 unspecified atom stereocenters. The lowest BCUT2D eigenvalue weighted by Gasteiger charge is -2.29. The second-order valence-corrected chi connectivity index (χ2v) is 24.3. The third-order valence-corrected chi connectivity index (χ3v) is 19.3. The van der Waals surface area contributed by atoms with Crippen molar-refractivity contribution in [3.63, 3.8) is 0 Å². The summed E-state index contributed by atoms with van der Waals surface area (Å²) in [6.45, 7) is 4.59. The highest BCUT2D eigenvalue weighted by Crippen LogP contribution is 2.48. The zero-order valence-electron chi connectivity index (χ0n) is 44.6. The molecule has 0 aromatic heterocycles. The van der Waals surface area contributed by atoms with E-state index in [-0.39, 0.29) is 11.6 Å². The van der Waals surface area contributed by atoms with Gasteiger partial charge in [-0.1, -0.05) is 234 Å². The topological polar surface area (TPSA) is 34.1 Å². The molecule has 11 rings (SSSR count). The minimum Gasteiger partial charge on any atom is -0.288 e. The van der Waals surface area contributed by atoms with Crippen molar-refractivity contribution in [2.24, 2.45) is 11.8 Å². The van der Waals surface area contributed by atoms with Crippen molar-refractivity contribution in [2.75, 3.05) is 0 Å². The van der Waals surface area contributed by atoms with E-state index >= 15 is 9.59 Å². The van der Waals surface area contributed by atoms with E-state index in [1.165, 1.54) is 125 Å². The second-order valence-electron chi connectivity index (χ2n) is 22.0. The summed E-state index contributed by atoms with van der Waals surface area (Å²) >= 11 is 3.09. The molecule has 0 N–H and O–H groups in total. The minimum absolute atomic E-state index is 0.119. The van der Waals surface area contributed by atoms with Gasteiger partial charge in [0.1, 0.15) is 0 Å². The molecule has 0 radical (unpaired) electrons. The first-order valence-corrected chi connectivity index (χ1v) is 30.4. The molecule has 8 aromatic rings. The molecule has 0 amide bonds. The highest BCUT2D eigenvalue weighted by Gasteiger charge is 2.38. The lowest BCUT2D eigenvalue weighted by atomic mass is 9.77. The number of ketones is 2. The van der Waals surface area contributed by atoms with Crippen molar-refractivity contribution in [3.8, 4) is 44.5 Å². The van der Waals surface area contributed by atoms with Crippen molar-refractivity contribution in [3.05, 3.63) is 215 Å². The summed E-state index contributed by atoms with van der Waals surface area (Å²) in [5.74, 6) is 2.86. The number of carbonyl (C=O) groups excluding carboxylic acids is 2. The van der Waals surface area contributed by atoms with E-state index in [0.717, 1.165) is 64.8 Å². The molecular weight excluding hydrogens is 961 g/mol. The summed E-state index contributed by atoms with van der Waals surface area (Å²) in [4.78, 5) is 35.3. The molecular formula is C72H72O2S2. The molecule has 0 saturated heterocycles. The Morgan fingerprint density at radius 3 is 1.01 bits per heavy atom. The van der Waals surface area contributed by atoms with Crippen LogP contribution < -0.4 is 0 Å². The maximum absolute atomic E-state index is 15.9. The van der Waals surface area contributed by atoms with Gasteiger partial charge in [0.25, 0.3) is 0 Å². The van der Waals surface area contributed by atoms with Crippen LogP contribution in [0.4, 0.5) is 0 Å². The van der Waals surface area contributed by atoms with Crippen LogP contribution in [0.1, 0.15) is 171 Å². The minimum atomic E-state index is -0.119. The molecule has 0 atom stereocenters. The van der Waals surface area contributed by atoms with Gasteiger partial charge < -0.3 is 0 Å². The summed E-state index contributed by atoms with van der Waals surface area (Å²) in [7, 11) is 0. The highest BCUT2D eigenvalue weighted by atomic mass is 32.2. The number of fused-ring (bicyclic) bond motifs is 2. The van der Waals surface area contributed by atoms with Crippen LogP contribution in [0, 0.1) is 11.8 Å². The fourth-order valence-electron chi connectivity index (χ4n) is 12.7. The van der Waals surface area contributed by atoms with Gasteiger partial charge in [-0.05, 0) is 167 Å². The smallest absolute Gasteiger partial charge is 0.196 e.